The van der Waals surface area contributed by atoms with Crippen LogP contribution < -0.4 is 5.32 Å². The van der Waals surface area contributed by atoms with Gasteiger partial charge in [-0.3, -0.25) is 0 Å². The lowest BCUT2D eigenvalue weighted by Crippen LogP contribution is -2.53. The van der Waals surface area contributed by atoms with Gasteiger partial charge in [0.25, 0.3) is 0 Å². The van der Waals surface area contributed by atoms with Crippen LogP contribution >= 0.6 is 11.3 Å². The Balaban J connectivity index is 1.19. The minimum atomic E-state index is 0.0674. The highest BCUT2D eigenvalue weighted by molar-refractivity contribution is 7.16. The van der Waals surface area contributed by atoms with Crippen LogP contribution in [0.25, 0.3) is 26.8 Å². The van der Waals surface area contributed by atoms with Crippen LogP contribution in [-0.4, -0.2) is 74.2 Å². The van der Waals surface area contributed by atoms with Crippen LogP contribution in [0.15, 0.2) is 42.2 Å². The number of aromatic amines is 1. The van der Waals surface area contributed by atoms with Crippen molar-refractivity contribution in [1.82, 2.24) is 29.7 Å². The highest BCUT2D eigenvalue weighted by Gasteiger charge is 2.30. The minimum absolute atomic E-state index is 0.0674. The number of H-pyrrole nitrogens is 1. The number of urea groups is 1. The van der Waals surface area contributed by atoms with Crippen LogP contribution in [0, 0.1) is 0 Å². The Morgan fingerprint density at radius 1 is 1.14 bits per heavy atom. The summed E-state index contributed by atoms with van der Waals surface area (Å²) in [6.45, 7) is 6.60. The highest BCUT2D eigenvalue weighted by Crippen LogP contribution is 2.30. The van der Waals surface area contributed by atoms with Gasteiger partial charge in [0, 0.05) is 37.6 Å². The molecule has 2 aliphatic rings. The Morgan fingerprint density at radius 2 is 2.00 bits per heavy atom. The highest BCUT2D eigenvalue weighted by atomic mass is 32.1. The quantitative estimate of drug-likeness (QED) is 0.435. The van der Waals surface area contributed by atoms with E-state index in [0.717, 1.165) is 44.9 Å². The molecule has 2 aliphatic heterocycles. The molecule has 5 heterocycles. The van der Waals surface area contributed by atoms with Gasteiger partial charge in [0.1, 0.15) is 17.8 Å². The van der Waals surface area contributed by atoms with Crippen LogP contribution in [-0.2, 0) is 4.74 Å². The number of hydrogen-bond donors (Lipinski definition) is 2. The zero-order valence-electron chi connectivity index (χ0n) is 19.7. The summed E-state index contributed by atoms with van der Waals surface area (Å²) in [7, 11) is 0. The average molecular weight is 490 g/mol. The van der Waals surface area contributed by atoms with E-state index in [0.29, 0.717) is 26.2 Å². The zero-order chi connectivity index (χ0) is 23.9. The average Bonchev–Trinajstić information content (AvgIpc) is 3.50. The molecule has 0 bridgehead atoms. The molecule has 35 heavy (non-hydrogen) atoms. The van der Waals surface area contributed by atoms with Gasteiger partial charge >= 0.3 is 6.03 Å². The second-order valence-corrected chi connectivity index (χ2v) is 10.1. The molecule has 10 heteroatoms. The lowest BCUT2D eigenvalue weighted by atomic mass is 10.0. The van der Waals surface area contributed by atoms with Crippen molar-refractivity contribution in [3.8, 4) is 0 Å². The fraction of sp³-hybridized carbons (Fsp3) is 0.360. The van der Waals surface area contributed by atoms with E-state index in [1.165, 1.54) is 5.57 Å². The van der Waals surface area contributed by atoms with Crippen LogP contribution in [0.1, 0.15) is 26.0 Å². The molecule has 0 spiro atoms. The summed E-state index contributed by atoms with van der Waals surface area (Å²) in [6.07, 6.45) is 4.62. The van der Waals surface area contributed by atoms with Gasteiger partial charge in [0.15, 0.2) is 0 Å². The maximum absolute atomic E-state index is 13.0. The SMILES string of the molecule is CC1CN(C(=O)N2CC=C(c3cc4c(Nc5ccc6ncsc6c5)ncnc4[nH]3)CC2)CC(C)O1. The number of anilines is 2. The predicted octanol–water partition coefficient (Wildman–Crippen LogP) is 4.63. The summed E-state index contributed by atoms with van der Waals surface area (Å²) < 4.78 is 6.90. The fourth-order valence-electron chi connectivity index (χ4n) is 4.90. The predicted molar refractivity (Wildman–Crippen MR) is 138 cm³/mol. The summed E-state index contributed by atoms with van der Waals surface area (Å²) in [5.74, 6) is 0.755. The van der Waals surface area contributed by atoms with Gasteiger partial charge in [-0.1, -0.05) is 6.08 Å². The molecular weight excluding hydrogens is 462 g/mol. The molecule has 9 nitrogen and oxygen atoms in total. The first-order chi connectivity index (χ1) is 17.0. The van der Waals surface area contributed by atoms with E-state index in [4.69, 9.17) is 4.74 Å². The summed E-state index contributed by atoms with van der Waals surface area (Å²) in [5, 5.41) is 4.36. The molecule has 3 aromatic heterocycles. The number of thiazole rings is 1. The van der Waals surface area contributed by atoms with Gasteiger partial charge in [-0.15, -0.1) is 11.3 Å². The summed E-state index contributed by atoms with van der Waals surface area (Å²) >= 11 is 1.62. The number of ether oxygens (including phenoxy) is 1. The van der Waals surface area contributed by atoms with Gasteiger partial charge < -0.3 is 24.8 Å². The normalized spacial score (nSPS) is 20.9. The van der Waals surface area contributed by atoms with Crippen molar-refractivity contribution in [1.29, 1.82) is 0 Å². The first-order valence-electron chi connectivity index (χ1n) is 11.9. The van der Waals surface area contributed by atoms with E-state index in [1.807, 2.05) is 41.3 Å². The number of morpholine rings is 1. The molecular formula is C25H27N7O2S. The lowest BCUT2D eigenvalue weighted by Gasteiger charge is -2.39. The van der Waals surface area contributed by atoms with Crippen molar-refractivity contribution >= 4 is 55.7 Å². The Kier molecular flexibility index (Phi) is 5.62. The standard InChI is InChI=1S/C25H27N7O2S/c1-15-11-32(12-16(2)34-15)25(33)31-7-5-17(6-8-31)21-10-19-23(26-13-27-24(19)30-21)29-18-3-4-20-22(9-18)35-14-28-20/h3-5,9-10,13-16H,6-8,11-12H2,1-2H3,(H2,26,27,29,30). The Bertz CT molecular complexity index is 1420. The Labute approximate surface area is 206 Å². The molecule has 2 atom stereocenters. The number of rotatable bonds is 3. The molecule has 1 aromatic carbocycles. The van der Waals surface area contributed by atoms with Crippen LogP contribution in [0.2, 0.25) is 0 Å². The van der Waals surface area contributed by atoms with E-state index in [9.17, 15) is 4.79 Å². The number of hydrogen-bond acceptors (Lipinski definition) is 7. The third-order valence-electron chi connectivity index (χ3n) is 6.54. The second-order valence-electron chi connectivity index (χ2n) is 9.20. The number of fused-ring (bicyclic) bond motifs is 2. The third-order valence-corrected chi connectivity index (χ3v) is 7.33. The minimum Gasteiger partial charge on any atom is -0.372 e. The summed E-state index contributed by atoms with van der Waals surface area (Å²) in [4.78, 5) is 33.6. The third kappa shape index (κ3) is 4.35. The maximum Gasteiger partial charge on any atom is 0.320 e. The van der Waals surface area contributed by atoms with Crippen molar-refractivity contribution in [2.24, 2.45) is 0 Å². The van der Waals surface area contributed by atoms with Gasteiger partial charge in [0.05, 0.1) is 33.3 Å². The number of carbonyl (C=O) groups excluding carboxylic acids is 1. The van der Waals surface area contributed by atoms with E-state index in [-0.39, 0.29) is 18.2 Å². The first kappa shape index (κ1) is 22.0. The zero-order valence-corrected chi connectivity index (χ0v) is 20.5. The van der Waals surface area contributed by atoms with Crippen molar-refractivity contribution < 1.29 is 9.53 Å². The maximum atomic E-state index is 13.0. The molecule has 4 aromatic rings. The number of amides is 2. The topological polar surface area (TPSA) is 99.3 Å². The van der Waals surface area contributed by atoms with Crippen molar-refractivity contribution in [2.45, 2.75) is 32.5 Å². The molecule has 180 valence electrons. The molecule has 0 aliphatic carbocycles. The smallest absolute Gasteiger partial charge is 0.320 e. The van der Waals surface area contributed by atoms with Crippen LogP contribution in [0.4, 0.5) is 16.3 Å². The molecule has 1 fully saturated rings. The molecule has 6 rings (SSSR count). The molecule has 2 N–H and O–H groups in total. The van der Waals surface area contributed by atoms with E-state index in [2.05, 4.69) is 43.5 Å². The van der Waals surface area contributed by atoms with Crippen molar-refractivity contribution in [3.63, 3.8) is 0 Å². The van der Waals surface area contributed by atoms with E-state index in [1.54, 1.807) is 17.7 Å². The molecule has 0 saturated carbocycles. The Morgan fingerprint density at radius 3 is 2.80 bits per heavy atom. The molecule has 0 radical (unpaired) electrons. The number of benzene rings is 1. The number of carbonyl (C=O) groups is 1. The molecule has 2 amide bonds. The van der Waals surface area contributed by atoms with Gasteiger partial charge in [-0.2, -0.15) is 0 Å². The number of aromatic nitrogens is 4. The van der Waals surface area contributed by atoms with Crippen molar-refractivity contribution in [3.05, 3.63) is 47.9 Å². The summed E-state index contributed by atoms with van der Waals surface area (Å²) in [6, 6.07) is 8.29. The number of nitrogens with one attached hydrogen (secondary N) is 2. The summed E-state index contributed by atoms with van der Waals surface area (Å²) in [5.41, 5.74) is 6.79. The van der Waals surface area contributed by atoms with Crippen molar-refractivity contribution in [2.75, 3.05) is 31.5 Å². The van der Waals surface area contributed by atoms with Crippen LogP contribution in [0.5, 0.6) is 0 Å². The largest absolute Gasteiger partial charge is 0.372 e. The molecule has 2 unspecified atom stereocenters. The Hall–Kier alpha value is -3.50. The van der Waals surface area contributed by atoms with Gasteiger partial charge in [-0.25, -0.2) is 19.7 Å². The van der Waals surface area contributed by atoms with E-state index >= 15 is 0 Å². The number of nitrogens with zero attached hydrogens (tertiary/aromatic N) is 5. The van der Waals surface area contributed by atoms with Gasteiger partial charge in [0.2, 0.25) is 0 Å². The monoisotopic (exact) mass is 489 g/mol. The first-order valence-corrected chi connectivity index (χ1v) is 12.7. The lowest BCUT2D eigenvalue weighted by molar-refractivity contribution is -0.0579. The van der Waals surface area contributed by atoms with Gasteiger partial charge in [-0.05, 0) is 50.1 Å². The second kappa shape index (κ2) is 8.94. The fourth-order valence-corrected chi connectivity index (χ4v) is 5.62. The molecule has 1 saturated heterocycles. The van der Waals surface area contributed by atoms with Crippen LogP contribution in [0.3, 0.4) is 0 Å². The van der Waals surface area contributed by atoms with E-state index < -0.39 is 0 Å².